The van der Waals surface area contributed by atoms with E-state index < -0.39 is 37.5 Å². The van der Waals surface area contributed by atoms with Crippen LogP contribution in [0.4, 0.5) is 19.0 Å². The van der Waals surface area contributed by atoms with Gasteiger partial charge in [0.2, 0.25) is 5.88 Å². The molecule has 0 radical (unpaired) electrons. The van der Waals surface area contributed by atoms with Gasteiger partial charge in [-0.1, -0.05) is 53.5 Å². The van der Waals surface area contributed by atoms with E-state index in [1.165, 1.54) is 31.4 Å². The molecule has 53 heavy (non-hydrogen) atoms. The highest BCUT2D eigenvalue weighted by atomic mass is 28.3. The number of hydrogen-bond donors (Lipinski definition) is 2. The monoisotopic (exact) mass is 747 g/mol. The van der Waals surface area contributed by atoms with E-state index in [9.17, 15) is 14.6 Å². The number of fused-ring (bicyclic) bond motifs is 3. The molecular formula is C40H48F3N5O4Si. The summed E-state index contributed by atoms with van der Waals surface area (Å²) in [5.41, 5.74) is 3.82. The first-order valence-electron chi connectivity index (χ1n) is 18.6. The zero-order valence-corrected chi connectivity index (χ0v) is 32.4. The number of pyridine rings is 1. The van der Waals surface area contributed by atoms with Crippen LogP contribution in [0.25, 0.3) is 32.9 Å². The molecule has 0 spiro atoms. The second-order valence-electron chi connectivity index (χ2n) is 15.9. The maximum Gasteiger partial charge on any atom is 0.319 e. The molecule has 3 fully saturated rings. The predicted octanol–water partition coefficient (Wildman–Crippen LogP) is 7.54. The van der Waals surface area contributed by atoms with E-state index >= 15 is 8.78 Å². The van der Waals surface area contributed by atoms with Gasteiger partial charge >= 0.3 is 6.01 Å². The fraction of sp³-hybridized carbons (Fsp3) is 0.525. The lowest BCUT2D eigenvalue weighted by atomic mass is 9.95. The molecule has 0 amide bonds. The van der Waals surface area contributed by atoms with Crippen LogP contribution in [0.3, 0.4) is 0 Å². The minimum atomic E-state index is -2.31. The zero-order valence-electron chi connectivity index (χ0n) is 31.4. The molecule has 3 aliphatic rings. The molecule has 2 N–H and O–H groups in total. The molecule has 5 heterocycles. The summed E-state index contributed by atoms with van der Waals surface area (Å²) in [6.07, 6.45) is 0.469. The second-order valence-corrected chi connectivity index (χ2v) is 21.5. The molecule has 2 aromatic heterocycles. The van der Waals surface area contributed by atoms with Crippen molar-refractivity contribution in [2.75, 3.05) is 44.8 Å². The molecule has 0 unspecified atom stereocenters. The first-order chi connectivity index (χ1) is 25.2. The number of aliphatic hydroxyl groups excluding tert-OH is 1. The van der Waals surface area contributed by atoms with E-state index in [0.29, 0.717) is 40.4 Å². The largest absolute Gasteiger partial charge is 0.508 e. The first-order valence-corrected chi connectivity index (χ1v) is 20.8. The average molecular weight is 748 g/mol. The van der Waals surface area contributed by atoms with Crippen LogP contribution < -0.4 is 14.4 Å². The third-order valence-corrected chi connectivity index (χ3v) is 18.2. The number of methoxy groups -OCH3 is 1. The average Bonchev–Trinajstić information content (AvgIpc) is 3.62. The van der Waals surface area contributed by atoms with Gasteiger partial charge in [0.25, 0.3) is 0 Å². The number of nitrogens with zero attached hydrogens (tertiary/aromatic N) is 5. The number of phenols is 1. The number of aromatic nitrogens is 3. The fourth-order valence-electron chi connectivity index (χ4n) is 9.34. The van der Waals surface area contributed by atoms with Crippen molar-refractivity contribution in [1.29, 1.82) is 0 Å². The zero-order chi connectivity index (χ0) is 38.0. The standard InChI is InChI=1S/C40H48F3N5O4Si/c1-22(2)53(23(3)4,24(5)6)14-11-29-31(42)10-9-25-15-27(49)16-30(32(25)29)35-34(43)36-33(38(44-35)51-7)37(47-19-28(50)20-47)46-39(45-36)52-21-40-12-8-13-48(40)18-26(41)17-40/h9-10,15-16,22-24,26,28,49-50H,8,12-13,17-21H2,1-7H3/t26-,40+/m1/s1. The number of anilines is 1. The molecule has 3 saturated heterocycles. The summed E-state index contributed by atoms with van der Waals surface area (Å²) in [7, 11) is -0.913. The summed E-state index contributed by atoms with van der Waals surface area (Å²) < 4.78 is 59.8. The summed E-state index contributed by atoms with van der Waals surface area (Å²) in [6.45, 7) is 14.8. The van der Waals surface area contributed by atoms with Gasteiger partial charge in [0.1, 0.15) is 54.8 Å². The Kier molecular flexibility index (Phi) is 9.78. The van der Waals surface area contributed by atoms with E-state index in [2.05, 4.69) is 72.9 Å². The number of aromatic hydroxyl groups is 1. The van der Waals surface area contributed by atoms with Crippen molar-refractivity contribution in [2.45, 2.75) is 95.2 Å². The van der Waals surface area contributed by atoms with Crippen LogP contribution in [0.5, 0.6) is 17.6 Å². The highest BCUT2D eigenvalue weighted by Gasteiger charge is 2.49. The molecule has 3 aliphatic heterocycles. The molecule has 282 valence electrons. The number of hydrogen-bond acceptors (Lipinski definition) is 9. The van der Waals surface area contributed by atoms with Crippen LogP contribution >= 0.6 is 0 Å². The van der Waals surface area contributed by atoms with Gasteiger partial charge < -0.3 is 24.6 Å². The molecule has 9 nitrogen and oxygen atoms in total. The maximum atomic E-state index is 17.3. The van der Waals surface area contributed by atoms with Gasteiger partial charge in [0, 0.05) is 37.0 Å². The maximum absolute atomic E-state index is 17.3. The lowest BCUT2D eigenvalue weighted by molar-refractivity contribution is 0.107. The predicted molar refractivity (Wildman–Crippen MR) is 203 cm³/mol. The minimum absolute atomic E-state index is 0.00217. The van der Waals surface area contributed by atoms with Crippen molar-refractivity contribution in [3.63, 3.8) is 0 Å². The fourth-order valence-corrected chi connectivity index (χ4v) is 14.5. The lowest BCUT2D eigenvalue weighted by Crippen LogP contribution is -2.51. The van der Waals surface area contributed by atoms with Gasteiger partial charge in [-0.3, -0.25) is 4.90 Å². The highest BCUT2D eigenvalue weighted by Crippen LogP contribution is 2.45. The van der Waals surface area contributed by atoms with Gasteiger partial charge in [-0.2, -0.15) is 9.97 Å². The smallest absolute Gasteiger partial charge is 0.319 e. The van der Waals surface area contributed by atoms with Crippen LogP contribution in [-0.4, -0.2) is 95.8 Å². The number of ether oxygens (including phenoxy) is 2. The van der Waals surface area contributed by atoms with Crippen molar-refractivity contribution in [3.05, 3.63) is 41.5 Å². The third-order valence-electron chi connectivity index (χ3n) is 11.9. The van der Waals surface area contributed by atoms with Gasteiger partial charge in [0.15, 0.2) is 5.82 Å². The molecule has 2 atom stereocenters. The van der Waals surface area contributed by atoms with E-state index in [1.54, 1.807) is 4.90 Å². The Hall–Kier alpha value is -4.12. The molecule has 0 bridgehead atoms. The van der Waals surface area contributed by atoms with E-state index in [1.807, 2.05) is 0 Å². The number of rotatable bonds is 9. The molecular weight excluding hydrogens is 700 g/mol. The number of halogens is 3. The summed E-state index contributed by atoms with van der Waals surface area (Å²) in [5, 5.41) is 22.1. The Morgan fingerprint density at radius 3 is 2.38 bits per heavy atom. The van der Waals surface area contributed by atoms with Crippen molar-refractivity contribution in [3.8, 4) is 40.4 Å². The number of phenolic OH excluding ortho intramolecular Hbond substituents is 1. The van der Waals surface area contributed by atoms with Crippen molar-refractivity contribution in [1.82, 2.24) is 19.9 Å². The Morgan fingerprint density at radius 2 is 1.72 bits per heavy atom. The van der Waals surface area contributed by atoms with E-state index in [-0.39, 0.29) is 70.9 Å². The number of aliphatic hydroxyl groups is 1. The van der Waals surface area contributed by atoms with Crippen molar-refractivity contribution < 1.29 is 32.9 Å². The molecule has 0 aliphatic carbocycles. The van der Waals surface area contributed by atoms with Gasteiger partial charge in [-0.15, -0.1) is 5.54 Å². The topological polar surface area (TPSA) is 104 Å². The normalized spacial score (nSPS) is 20.8. The Labute approximate surface area is 309 Å². The first kappa shape index (κ1) is 37.2. The van der Waals surface area contributed by atoms with E-state index in [4.69, 9.17) is 9.47 Å². The Bertz CT molecular complexity index is 2110. The lowest BCUT2D eigenvalue weighted by Gasteiger charge is -2.38. The number of β-amino-alcohol motifs (C(OH)–C–C–N with tert-alkyl or cyclic N) is 1. The van der Waals surface area contributed by atoms with Crippen molar-refractivity contribution in [2.24, 2.45) is 0 Å². The summed E-state index contributed by atoms with van der Waals surface area (Å²) in [6, 6.07) is 5.59. The van der Waals surface area contributed by atoms with Gasteiger partial charge in [0.05, 0.1) is 24.3 Å². The highest BCUT2D eigenvalue weighted by molar-refractivity contribution is 6.90. The van der Waals surface area contributed by atoms with Crippen LogP contribution in [0, 0.1) is 23.1 Å². The molecule has 0 saturated carbocycles. The molecule has 7 rings (SSSR count). The summed E-state index contributed by atoms with van der Waals surface area (Å²) >= 11 is 0. The SMILES string of the molecule is COc1nc(-c2cc(O)cc3ccc(F)c(C#C[Si](C(C)C)(C(C)C)C(C)C)c23)c(F)c2nc(OC[C@@]34CCCN3C[C@H](F)C4)nc(N3CC(O)C3)c12. The number of alkyl halides is 1. The third kappa shape index (κ3) is 6.26. The summed E-state index contributed by atoms with van der Waals surface area (Å²) in [4.78, 5) is 17.7. The van der Waals surface area contributed by atoms with Gasteiger partial charge in [-0.25, -0.2) is 18.2 Å². The Morgan fingerprint density at radius 1 is 1.00 bits per heavy atom. The van der Waals surface area contributed by atoms with E-state index in [0.717, 1.165) is 19.4 Å². The van der Waals surface area contributed by atoms with Crippen molar-refractivity contribution >= 4 is 35.6 Å². The number of benzene rings is 2. The van der Waals surface area contributed by atoms with Crippen LogP contribution in [0.1, 0.15) is 66.4 Å². The molecule has 13 heteroatoms. The summed E-state index contributed by atoms with van der Waals surface area (Å²) in [5.74, 6) is 1.93. The second kappa shape index (κ2) is 13.9. The minimum Gasteiger partial charge on any atom is -0.508 e. The molecule has 2 aromatic carbocycles. The van der Waals surface area contributed by atoms with Gasteiger partial charge in [-0.05, 0) is 59.6 Å². The van der Waals surface area contributed by atoms with Crippen LogP contribution in [0.2, 0.25) is 16.6 Å². The van der Waals surface area contributed by atoms with Crippen LogP contribution in [-0.2, 0) is 0 Å². The Balaban J connectivity index is 1.44. The quantitative estimate of drug-likeness (QED) is 0.133. The molecule has 4 aromatic rings. The van der Waals surface area contributed by atoms with Crippen LogP contribution in [0.15, 0.2) is 24.3 Å².